The normalized spacial score (nSPS) is 10.9. The molecule has 4 aromatic rings. The van der Waals surface area contributed by atoms with Gasteiger partial charge in [-0.05, 0) is 36.4 Å². The first-order valence-corrected chi connectivity index (χ1v) is 9.31. The molecule has 2 aromatic heterocycles. The van der Waals surface area contributed by atoms with E-state index in [4.69, 9.17) is 4.74 Å². The van der Waals surface area contributed by atoms with Gasteiger partial charge in [0.2, 0.25) is 5.16 Å². The molecular weight excluding hydrogens is 360 g/mol. The second-order valence-corrected chi connectivity index (χ2v) is 6.72. The van der Waals surface area contributed by atoms with Crippen LogP contribution in [-0.2, 0) is 0 Å². The third-order valence-corrected chi connectivity index (χ3v) is 4.97. The van der Waals surface area contributed by atoms with Gasteiger partial charge >= 0.3 is 0 Å². The van der Waals surface area contributed by atoms with E-state index in [9.17, 15) is 4.79 Å². The minimum absolute atomic E-state index is 0.0126. The van der Waals surface area contributed by atoms with E-state index in [2.05, 4.69) is 15.3 Å². The first kappa shape index (κ1) is 17.2. The average Bonchev–Trinajstić information content (AvgIpc) is 3.15. The molecule has 134 valence electrons. The quantitative estimate of drug-likeness (QED) is 0.377. The predicted octanol–water partition coefficient (Wildman–Crippen LogP) is 3.77. The second-order valence-electron chi connectivity index (χ2n) is 5.78. The van der Waals surface area contributed by atoms with Gasteiger partial charge < -0.3 is 4.74 Å². The Morgan fingerprint density at radius 3 is 2.52 bits per heavy atom. The Kier molecular flexibility index (Phi) is 4.84. The molecule has 4 rings (SSSR count). The highest BCUT2D eigenvalue weighted by atomic mass is 32.2. The third kappa shape index (κ3) is 3.68. The van der Waals surface area contributed by atoms with Gasteiger partial charge in [-0.2, -0.15) is 9.61 Å². The van der Waals surface area contributed by atoms with E-state index < -0.39 is 0 Å². The summed E-state index contributed by atoms with van der Waals surface area (Å²) in [6.07, 6.45) is 0. The van der Waals surface area contributed by atoms with E-state index in [0.717, 1.165) is 17.0 Å². The second kappa shape index (κ2) is 7.59. The number of ether oxygens (including phenoxy) is 1. The Bertz CT molecular complexity index is 1080. The van der Waals surface area contributed by atoms with Crippen molar-refractivity contribution < 1.29 is 9.53 Å². The number of nitrogens with zero attached hydrogens (tertiary/aromatic N) is 4. The van der Waals surface area contributed by atoms with Crippen molar-refractivity contribution in [3.05, 3.63) is 72.3 Å². The molecule has 2 aromatic carbocycles. The summed E-state index contributed by atoms with van der Waals surface area (Å²) in [7, 11) is 1.60. The maximum absolute atomic E-state index is 12.4. The highest BCUT2D eigenvalue weighted by Gasteiger charge is 2.13. The van der Waals surface area contributed by atoms with Crippen LogP contribution in [0.25, 0.3) is 16.9 Å². The lowest BCUT2D eigenvalue weighted by Gasteiger charge is -2.04. The zero-order chi connectivity index (χ0) is 18.6. The van der Waals surface area contributed by atoms with Crippen molar-refractivity contribution in [1.29, 1.82) is 0 Å². The molecule has 0 radical (unpaired) electrons. The topological polar surface area (TPSA) is 69.4 Å². The lowest BCUT2D eigenvalue weighted by Crippen LogP contribution is -2.04. The lowest BCUT2D eigenvalue weighted by atomic mass is 10.1. The van der Waals surface area contributed by atoms with Gasteiger partial charge in [0, 0.05) is 11.1 Å². The zero-order valence-electron chi connectivity index (χ0n) is 14.6. The molecule has 7 heteroatoms. The monoisotopic (exact) mass is 376 g/mol. The standard InChI is InChI=1S/C20H16N4O2S/c1-26-16-9-7-15(8-10-16)18(25)13-27-20-22-21-19-12-11-17(23-24(19)20)14-5-3-2-4-6-14/h2-12H,13H2,1H3. The molecule has 6 nitrogen and oxygen atoms in total. The van der Waals surface area contributed by atoms with Gasteiger partial charge in [-0.1, -0.05) is 42.1 Å². The molecule has 27 heavy (non-hydrogen) atoms. The molecule has 0 aliphatic carbocycles. The van der Waals surface area contributed by atoms with Crippen LogP contribution in [0.4, 0.5) is 0 Å². The largest absolute Gasteiger partial charge is 0.497 e. The fraction of sp³-hybridized carbons (Fsp3) is 0.100. The molecule has 2 heterocycles. The van der Waals surface area contributed by atoms with Crippen molar-refractivity contribution in [3.63, 3.8) is 0 Å². The molecule has 0 amide bonds. The van der Waals surface area contributed by atoms with Crippen LogP contribution in [0.15, 0.2) is 71.9 Å². The molecule has 0 atom stereocenters. The van der Waals surface area contributed by atoms with E-state index in [1.165, 1.54) is 11.8 Å². The number of fused-ring (bicyclic) bond motifs is 1. The van der Waals surface area contributed by atoms with E-state index >= 15 is 0 Å². The number of ketones is 1. The average molecular weight is 376 g/mol. The SMILES string of the molecule is COc1ccc(C(=O)CSc2nnc3ccc(-c4ccccc4)nn23)cc1. The van der Waals surface area contributed by atoms with E-state index in [1.807, 2.05) is 42.5 Å². The predicted molar refractivity (Wildman–Crippen MR) is 104 cm³/mol. The van der Waals surface area contributed by atoms with Crippen molar-refractivity contribution in [2.24, 2.45) is 0 Å². The van der Waals surface area contributed by atoms with E-state index in [0.29, 0.717) is 16.4 Å². The molecule has 0 bridgehead atoms. The molecular formula is C20H16N4O2S. The number of hydrogen-bond donors (Lipinski definition) is 0. The van der Waals surface area contributed by atoms with E-state index in [1.54, 1.807) is 35.9 Å². The molecule has 0 saturated heterocycles. The summed E-state index contributed by atoms with van der Waals surface area (Å²) in [6.45, 7) is 0. The van der Waals surface area contributed by atoms with Crippen molar-refractivity contribution >= 4 is 23.2 Å². The Balaban J connectivity index is 1.54. The summed E-state index contributed by atoms with van der Waals surface area (Å²) in [4.78, 5) is 12.4. The highest BCUT2D eigenvalue weighted by Crippen LogP contribution is 2.21. The zero-order valence-corrected chi connectivity index (χ0v) is 15.4. The van der Waals surface area contributed by atoms with Crippen LogP contribution in [-0.4, -0.2) is 38.5 Å². The Morgan fingerprint density at radius 2 is 1.78 bits per heavy atom. The summed E-state index contributed by atoms with van der Waals surface area (Å²) in [5.41, 5.74) is 3.12. The number of carbonyl (C=O) groups excluding carboxylic acids is 1. The van der Waals surface area contributed by atoms with E-state index in [-0.39, 0.29) is 11.5 Å². The van der Waals surface area contributed by atoms with Crippen LogP contribution < -0.4 is 4.74 Å². The van der Waals surface area contributed by atoms with Gasteiger partial charge in [-0.25, -0.2) is 0 Å². The summed E-state index contributed by atoms with van der Waals surface area (Å²) in [5.74, 6) is 0.989. The minimum Gasteiger partial charge on any atom is -0.497 e. The molecule has 0 spiro atoms. The van der Waals surface area contributed by atoms with Crippen LogP contribution in [0, 0.1) is 0 Å². The number of Topliss-reactive ketones (excluding diaryl/α,β-unsaturated/α-hetero) is 1. The summed E-state index contributed by atoms with van der Waals surface area (Å²) < 4.78 is 6.79. The third-order valence-electron chi connectivity index (χ3n) is 4.05. The van der Waals surface area contributed by atoms with Crippen molar-refractivity contribution in [2.45, 2.75) is 5.16 Å². The fourth-order valence-corrected chi connectivity index (χ4v) is 3.39. The van der Waals surface area contributed by atoms with Crippen LogP contribution in [0.1, 0.15) is 10.4 Å². The maximum atomic E-state index is 12.4. The number of aromatic nitrogens is 4. The van der Waals surface area contributed by atoms with Gasteiger partial charge in [-0.3, -0.25) is 4.79 Å². The van der Waals surface area contributed by atoms with Gasteiger partial charge in [0.05, 0.1) is 18.6 Å². The Hall–Kier alpha value is -3.19. The summed E-state index contributed by atoms with van der Waals surface area (Å²) >= 11 is 1.32. The van der Waals surface area contributed by atoms with Crippen molar-refractivity contribution in [1.82, 2.24) is 19.8 Å². The number of benzene rings is 2. The number of hydrogen-bond acceptors (Lipinski definition) is 6. The Morgan fingerprint density at radius 1 is 1.00 bits per heavy atom. The van der Waals surface area contributed by atoms with Crippen molar-refractivity contribution in [3.8, 4) is 17.0 Å². The number of rotatable bonds is 6. The Labute approximate surface area is 160 Å². The highest BCUT2D eigenvalue weighted by molar-refractivity contribution is 7.99. The van der Waals surface area contributed by atoms with Gasteiger partial charge in [0.1, 0.15) is 5.75 Å². The van der Waals surface area contributed by atoms with Gasteiger partial charge in [-0.15, -0.1) is 10.2 Å². The smallest absolute Gasteiger partial charge is 0.212 e. The molecule has 0 fully saturated rings. The van der Waals surface area contributed by atoms with Gasteiger partial charge in [0.15, 0.2) is 11.4 Å². The molecule has 0 N–H and O–H groups in total. The molecule has 0 aliphatic rings. The van der Waals surface area contributed by atoms with Crippen molar-refractivity contribution in [2.75, 3.05) is 12.9 Å². The number of methoxy groups -OCH3 is 1. The first-order chi connectivity index (χ1) is 13.2. The molecule has 0 unspecified atom stereocenters. The lowest BCUT2D eigenvalue weighted by molar-refractivity contribution is 0.102. The van der Waals surface area contributed by atoms with Crippen LogP contribution in [0.5, 0.6) is 5.75 Å². The van der Waals surface area contributed by atoms with Crippen LogP contribution in [0.3, 0.4) is 0 Å². The summed E-state index contributed by atoms with van der Waals surface area (Å²) in [6, 6.07) is 20.8. The molecule has 0 aliphatic heterocycles. The van der Waals surface area contributed by atoms with Gasteiger partial charge in [0.25, 0.3) is 0 Å². The molecule has 0 saturated carbocycles. The number of thioether (sulfide) groups is 1. The minimum atomic E-state index is 0.0126. The number of carbonyl (C=O) groups is 1. The van der Waals surface area contributed by atoms with Crippen LogP contribution in [0.2, 0.25) is 0 Å². The first-order valence-electron chi connectivity index (χ1n) is 8.32. The van der Waals surface area contributed by atoms with Crippen LogP contribution >= 0.6 is 11.8 Å². The summed E-state index contributed by atoms with van der Waals surface area (Å²) in [5, 5.41) is 13.5. The maximum Gasteiger partial charge on any atom is 0.212 e. The fourth-order valence-electron chi connectivity index (χ4n) is 2.61.